The van der Waals surface area contributed by atoms with Gasteiger partial charge in [-0.1, -0.05) is 24.3 Å². The Morgan fingerprint density at radius 3 is 2.41 bits per heavy atom. The summed E-state index contributed by atoms with van der Waals surface area (Å²) in [6.07, 6.45) is 0. The molecule has 0 aromatic heterocycles. The van der Waals surface area contributed by atoms with Crippen LogP contribution >= 0.6 is 0 Å². The fourth-order valence-corrected chi connectivity index (χ4v) is 4.79. The lowest BCUT2D eigenvalue weighted by Gasteiger charge is -2.36. The third kappa shape index (κ3) is 6.04. The van der Waals surface area contributed by atoms with Crippen LogP contribution in [-0.2, 0) is 16.6 Å². The summed E-state index contributed by atoms with van der Waals surface area (Å²) in [6, 6.07) is 12.4. The maximum atomic E-state index is 12.5. The molecule has 0 radical (unpaired) electrons. The van der Waals surface area contributed by atoms with Crippen LogP contribution in [0.5, 0.6) is 0 Å². The van der Waals surface area contributed by atoms with E-state index in [9.17, 15) is 18.5 Å². The molecular weight excluding hydrogens is 430 g/mol. The molecule has 1 fully saturated rings. The highest BCUT2D eigenvalue weighted by Crippen LogP contribution is 2.31. The Hall–Kier alpha value is -2.53. The average Bonchev–Trinajstić information content (AvgIpc) is 2.75. The van der Waals surface area contributed by atoms with Crippen molar-refractivity contribution in [2.75, 3.05) is 58.3 Å². The molecule has 1 saturated heterocycles. The van der Waals surface area contributed by atoms with Crippen molar-refractivity contribution in [2.24, 2.45) is 0 Å². The number of likely N-dealkylation sites (N-methyl/N-ethyl adjacent to an activating group) is 1. The summed E-state index contributed by atoms with van der Waals surface area (Å²) in [5, 5.41) is 11.7. The van der Waals surface area contributed by atoms with Gasteiger partial charge in [-0.15, -0.1) is 0 Å². The Kier molecular flexibility index (Phi) is 7.83. The van der Waals surface area contributed by atoms with Crippen LogP contribution in [-0.4, -0.2) is 76.5 Å². The van der Waals surface area contributed by atoms with E-state index >= 15 is 0 Å². The van der Waals surface area contributed by atoms with Gasteiger partial charge in [-0.2, -0.15) is 0 Å². The van der Waals surface area contributed by atoms with E-state index in [1.54, 1.807) is 6.07 Å². The second-order valence-electron chi connectivity index (χ2n) is 8.30. The van der Waals surface area contributed by atoms with Crippen LogP contribution in [0.3, 0.4) is 0 Å². The number of hydrogen-bond acceptors (Lipinski definition) is 7. The largest absolute Gasteiger partial charge is 0.363 e. The topological polar surface area (TPSA) is 99.0 Å². The maximum absolute atomic E-state index is 12.5. The molecule has 0 saturated carbocycles. The van der Waals surface area contributed by atoms with Crippen LogP contribution in [0.25, 0.3) is 0 Å². The third-order valence-electron chi connectivity index (χ3n) is 5.67. The lowest BCUT2D eigenvalue weighted by atomic mass is 10.1. The summed E-state index contributed by atoms with van der Waals surface area (Å²) >= 11 is 0. The molecule has 1 aliphatic heterocycles. The molecule has 0 atom stereocenters. The van der Waals surface area contributed by atoms with Gasteiger partial charge >= 0.3 is 0 Å². The van der Waals surface area contributed by atoms with Gasteiger partial charge in [0.1, 0.15) is 5.69 Å². The molecule has 0 bridgehead atoms. The fraction of sp³-hybridized carbons (Fsp3) is 0.455. The molecule has 0 unspecified atom stereocenters. The second-order valence-corrected chi connectivity index (χ2v) is 10.1. The van der Waals surface area contributed by atoms with Crippen LogP contribution in [0.1, 0.15) is 11.1 Å². The van der Waals surface area contributed by atoms with Gasteiger partial charge in [0.05, 0.1) is 9.82 Å². The first-order valence-electron chi connectivity index (χ1n) is 10.6. The number of nitro groups is 1. The molecule has 1 heterocycles. The summed E-state index contributed by atoms with van der Waals surface area (Å²) in [5.41, 5.74) is 2.80. The van der Waals surface area contributed by atoms with Gasteiger partial charge in [-0.05, 0) is 44.3 Å². The molecule has 0 spiro atoms. The Balaban J connectivity index is 1.70. The molecular formula is C22H31N5O4S. The minimum absolute atomic E-state index is 0.0927. The van der Waals surface area contributed by atoms with Crippen molar-refractivity contribution in [3.8, 4) is 0 Å². The predicted molar refractivity (Wildman–Crippen MR) is 126 cm³/mol. The van der Waals surface area contributed by atoms with Crippen molar-refractivity contribution in [3.63, 3.8) is 0 Å². The number of rotatable bonds is 9. The van der Waals surface area contributed by atoms with E-state index in [2.05, 4.69) is 28.7 Å². The number of nitrogens with one attached hydrogen (secondary N) is 1. The van der Waals surface area contributed by atoms with E-state index in [0.29, 0.717) is 25.3 Å². The quantitative estimate of drug-likeness (QED) is 0.451. The van der Waals surface area contributed by atoms with Crippen LogP contribution < -0.4 is 9.62 Å². The number of piperazine rings is 1. The number of sulfonamides is 1. The van der Waals surface area contributed by atoms with E-state index in [4.69, 9.17) is 0 Å². The standard InChI is InChI=1S/C22H31N5O4S/c1-18-6-4-5-7-19(18)17-25-12-14-26(15-13-25)21-9-8-20(16-22(21)27(28)29)32(30,31)23-10-11-24(2)3/h4-9,16,23H,10-15,17H2,1-3H3. The minimum Gasteiger partial charge on any atom is -0.363 e. The first-order chi connectivity index (χ1) is 15.2. The highest BCUT2D eigenvalue weighted by atomic mass is 32.2. The van der Waals surface area contributed by atoms with Gasteiger partial charge in [-0.25, -0.2) is 13.1 Å². The SMILES string of the molecule is Cc1ccccc1CN1CCN(c2ccc(S(=O)(=O)NCCN(C)C)cc2[N+](=O)[O-])CC1. The molecule has 174 valence electrons. The van der Waals surface area contributed by atoms with Crippen LogP contribution in [0.15, 0.2) is 47.4 Å². The highest BCUT2D eigenvalue weighted by molar-refractivity contribution is 7.89. The van der Waals surface area contributed by atoms with Gasteiger partial charge in [-0.3, -0.25) is 15.0 Å². The fourth-order valence-electron chi connectivity index (χ4n) is 3.75. The Morgan fingerprint density at radius 2 is 1.78 bits per heavy atom. The van der Waals surface area contributed by atoms with E-state index in [1.165, 1.54) is 17.2 Å². The zero-order valence-corrected chi connectivity index (χ0v) is 19.6. The molecule has 0 aliphatic carbocycles. The van der Waals surface area contributed by atoms with E-state index in [1.807, 2.05) is 36.0 Å². The van der Waals surface area contributed by atoms with Crippen LogP contribution in [0.4, 0.5) is 11.4 Å². The molecule has 1 N–H and O–H groups in total. The predicted octanol–water partition coefficient (Wildman–Crippen LogP) is 2.07. The average molecular weight is 462 g/mol. The number of nitro benzene ring substituents is 1. The van der Waals surface area contributed by atoms with E-state index in [0.717, 1.165) is 25.7 Å². The molecule has 1 aliphatic rings. The van der Waals surface area contributed by atoms with E-state index in [-0.39, 0.29) is 17.1 Å². The van der Waals surface area contributed by atoms with Gasteiger partial charge in [0.2, 0.25) is 10.0 Å². The van der Waals surface area contributed by atoms with Gasteiger partial charge in [0, 0.05) is 51.9 Å². The molecule has 3 rings (SSSR count). The van der Waals surface area contributed by atoms with Crippen molar-refractivity contribution in [1.82, 2.24) is 14.5 Å². The first-order valence-corrected chi connectivity index (χ1v) is 12.1. The summed E-state index contributed by atoms with van der Waals surface area (Å²) in [5.74, 6) is 0. The lowest BCUT2D eigenvalue weighted by molar-refractivity contribution is -0.384. The minimum atomic E-state index is -3.81. The molecule has 2 aromatic carbocycles. The highest BCUT2D eigenvalue weighted by Gasteiger charge is 2.26. The summed E-state index contributed by atoms with van der Waals surface area (Å²) in [7, 11) is -0.131. The summed E-state index contributed by atoms with van der Waals surface area (Å²) in [6.45, 7) is 6.54. The Bertz CT molecular complexity index is 1050. The third-order valence-corrected chi connectivity index (χ3v) is 7.13. The zero-order chi connectivity index (χ0) is 23.3. The van der Waals surface area contributed by atoms with Crippen LogP contribution in [0.2, 0.25) is 0 Å². The monoisotopic (exact) mass is 461 g/mol. The first kappa shape index (κ1) is 24.1. The normalized spacial score (nSPS) is 15.3. The number of nitrogens with zero attached hydrogens (tertiary/aromatic N) is 4. The number of hydrogen-bond donors (Lipinski definition) is 1. The Morgan fingerprint density at radius 1 is 1.09 bits per heavy atom. The molecule has 32 heavy (non-hydrogen) atoms. The van der Waals surface area contributed by atoms with Crippen molar-refractivity contribution in [3.05, 3.63) is 63.7 Å². The second kappa shape index (κ2) is 10.4. The number of anilines is 1. The van der Waals surface area contributed by atoms with Crippen molar-refractivity contribution in [1.29, 1.82) is 0 Å². The Labute approximate surface area is 189 Å². The number of benzene rings is 2. The maximum Gasteiger partial charge on any atom is 0.293 e. The van der Waals surface area contributed by atoms with Crippen LogP contribution in [0, 0.1) is 17.0 Å². The molecule has 9 nitrogen and oxygen atoms in total. The van der Waals surface area contributed by atoms with E-state index < -0.39 is 14.9 Å². The summed E-state index contributed by atoms with van der Waals surface area (Å²) < 4.78 is 27.6. The summed E-state index contributed by atoms with van der Waals surface area (Å²) in [4.78, 5) is 17.3. The van der Waals surface area contributed by atoms with Crippen molar-refractivity contribution < 1.29 is 13.3 Å². The number of aryl methyl sites for hydroxylation is 1. The lowest BCUT2D eigenvalue weighted by Crippen LogP contribution is -2.46. The molecule has 2 aromatic rings. The van der Waals surface area contributed by atoms with Crippen molar-refractivity contribution in [2.45, 2.75) is 18.4 Å². The molecule has 10 heteroatoms. The van der Waals surface area contributed by atoms with Gasteiger partial charge < -0.3 is 9.80 Å². The van der Waals surface area contributed by atoms with Gasteiger partial charge in [0.15, 0.2) is 0 Å². The molecule has 0 amide bonds. The zero-order valence-electron chi connectivity index (χ0n) is 18.8. The van der Waals surface area contributed by atoms with Crippen molar-refractivity contribution >= 4 is 21.4 Å². The van der Waals surface area contributed by atoms with Gasteiger partial charge in [0.25, 0.3) is 5.69 Å². The smallest absolute Gasteiger partial charge is 0.293 e.